The standard InChI is InChI=1S/C20H32O9/c1-9-10-26-16-13(29-18(24)20(5,6)7)11(21)12(14(27-16)15(22)25-8)28-17(23)19(2,3)4/h9,11-14,16,21H,1,10H2,2-8H3/t11-,12-,13+,14-,16+/m0/s1. The Morgan fingerprint density at radius 2 is 1.48 bits per heavy atom. The van der Waals surface area contributed by atoms with Crippen LogP contribution in [0.15, 0.2) is 12.7 Å². The molecule has 9 heteroatoms. The van der Waals surface area contributed by atoms with Gasteiger partial charge in [0.15, 0.2) is 24.6 Å². The fraction of sp³-hybridized carbons (Fsp3) is 0.750. The fourth-order valence-corrected chi connectivity index (χ4v) is 2.29. The number of aliphatic hydroxyl groups is 1. The molecular formula is C20H32O9. The lowest BCUT2D eigenvalue weighted by molar-refractivity contribution is -0.300. The first kappa shape index (κ1) is 25.1. The van der Waals surface area contributed by atoms with Crippen LogP contribution in [0.4, 0.5) is 0 Å². The number of carbonyl (C=O) groups is 3. The molecule has 1 aliphatic rings. The van der Waals surface area contributed by atoms with E-state index in [1.807, 2.05) is 0 Å². The molecule has 1 aliphatic heterocycles. The molecule has 0 aromatic rings. The van der Waals surface area contributed by atoms with Gasteiger partial charge in [0.05, 0.1) is 24.5 Å². The van der Waals surface area contributed by atoms with E-state index < -0.39 is 59.4 Å². The molecule has 29 heavy (non-hydrogen) atoms. The molecule has 0 aromatic heterocycles. The van der Waals surface area contributed by atoms with Gasteiger partial charge in [-0.25, -0.2) is 4.79 Å². The highest BCUT2D eigenvalue weighted by atomic mass is 16.7. The van der Waals surface area contributed by atoms with E-state index in [1.165, 1.54) is 6.08 Å². The third-order valence-electron chi connectivity index (χ3n) is 4.04. The fourth-order valence-electron chi connectivity index (χ4n) is 2.29. The Labute approximate surface area is 171 Å². The quantitative estimate of drug-likeness (QED) is 0.389. The third kappa shape index (κ3) is 6.52. The summed E-state index contributed by atoms with van der Waals surface area (Å²) >= 11 is 0. The first-order valence-corrected chi connectivity index (χ1v) is 9.30. The van der Waals surface area contributed by atoms with Gasteiger partial charge in [-0.3, -0.25) is 9.59 Å². The molecule has 0 amide bonds. The molecule has 1 saturated heterocycles. The van der Waals surface area contributed by atoms with Crippen LogP contribution in [0.25, 0.3) is 0 Å². The maximum atomic E-state index is 12.4. The summed E-state index contributed by atoms with van der Waals surface area (Å²) in [6, 6.07) is 0. The lowest BCUT2D eigenvalue weighted by atomic mass is 9.94. The van der Waals surface area contributed by atoms with Crippen LogP contribution < -0.4 is 0 Å². The van der Waals surface area contributed by atoms with Crippen LogP contribution in [0.3, 0.4) is 0 Å². The molecule has 0 radical (unpaired) electrons. The predicted molar refractivity (Wildman–Crippen MR) is 102 cm³/mol. The van der Waals surface area contributed by atoms with Gasteiger partial charge < -0.3 is 28.8 Å². The highest BCUT2D eigenvalue weighted by Gasteiger charge is 2.54. The van der Waals surface area contributed by atoms with Crippen molar-refractivity contribution in [3.63, 3.8) is 0 Å². The second kappa shape index (κ2) is 9.69. The maximum Gasteiger partial charge on any atom is 0.339 e. The van der Waals surface area contributed by atoms with Crippen molar-refractivity contribution < 1.29 is 43.2 Å². The van der Waals surface area contributed by atoms with Crippen LogP contribution in [0.2, 0.25) is 0 Å². The van der Waals surface area contributed by atoms with E-state index in [0.717, 1.165) is 7.11 Å². The second-order valence-corrected chi connectivity index (χ2v) is 8.80. The van der Waals surface area contributed by atoms with E-state index in [-0.39, 0.29) is 6.61 Å². The average molecular weight is 416 g/mol. The van der Waals surface area contributed by atoms with Crippen LogP contribution in [0, 0.1) is 10.8 Å². The highest BCUT2D eigenvalue weighted by Crippen LogP contribution is 2.31. The summed E-state index contributed by atoms with van der Waals surface area (Å²) in [5.41, 5.74) is -1.78. The summed E-state index contributed by atoms with van der Waals surface area (Å²) in [6.07, 6.45) is -5.75. The van der Waals surface area contributed by atoms with E-state index in [2.05, 4.69) is 6.58 Å². The minimum absolute atomic E-state index is 0.00128. The lowest BCUT2D eigenvalue weighted by Crippen LogP contribution is -2.63. The summed E-state index contributed by atoms with van der Waals surface area (Å²) in [5.74, 6) is -2.18. The van der Waals surface area contributed by atoms with Crippen molar-refractivity contribution in [1.29, 1.82) is 0 Å². The van der Waals surface area contributed by atoms with E-state index in [0.29, 0.717) is 0 Å². The van der Waals surface area contributed by atoms with Crippen LogP contribution in [0.1, 0.15) is 41.5 Å². The topological polar surface area (TPSA) is 118 Å². The molecule has 0 aromatic carbocycles. The van der Waals surface area contributed by atoms with Gasteiger partial charge in [0, 0.05) is 0 Å². The molecule has 1 rings (SSSR count). The predicted octanol–water partition coefficient (Wildman–Crippen LogP) is 1.36. The summed E-state index contributed by atoms with van der Waals surface area (Å²) in [7, 11) is 1.13. The van der Waals surface area contributed by atoms with E-state index in [1.54, 1.807) is 41.5 Å². The molecule has 9 nitrogen and oxygen atoms in total. The number of hydrogen-bond acceptors (Lipinski definition) is 9. The van der Waals surface area contributed by atoms with Crippen molar-refractivity contribution in [1.82, 2.24) is 0 Å². The molecule has 1 heterocycles. The zero-order valence-corrected chi connectivity index (χ0v) is 18.1. The largest absolute Gasteiger partial charge is 0.467 e. The Kier molecular flexibility index (Phi) is 8.37. The Morgan fingerprint density at radius 3 is 1.90 bits per heavy atom. The van der Waals surface area contributed by atoms with Crippen LogP contribution in [-0.2, 0) is 38.1 Å². The van der Waals surface area contributed by atoms with Crippen molar-refractivity contribution in [2.45, 2.75) is 72.2 Å². The number of aliphatic hydroxyl groups excluding tert-OH is 1. The van der Waals surface area contributed by atoms with Gasteiger partial charge in [0.1, 0.15) is 6.10 Å². The minimum Gasteiger partial charge on any atom is -0.467 e. The van der Waals surface area contributed by atoms with Crippen molar-refractivity contribution in [3.8, 4) is 0 Å². The molecule has 0 spiro atoms. The second-order valence-electron chi connectivity index (χ2n) is 8.80. The summed E-state index contributed by atoms with van der Waals surface area (Å²) in [4.78, 5) is 37.0. The van der Waals surface area contributed by atoms with E-state index in [4.69, 9.17) is 23.7 Å². The monoisotopic (exact) mass is 416 g/mol. The Bertz CT molecular complexity index is 614. The summed E-state index contributed by atoms with van der Waals surface area (Å²) in [6.45, 7) is 13.3. The van der Waals surface area contributed by atoms with Gasteiger partial charge in [0.25, 0.3) is 0 Å². The molecule has 1 fully saturated rings. The SMILES string of the molecule is C=CCO[C@@H]1O[C@H](C(=O)OC)[C@@H](OC(=O)C(C)(C)C)[C@H](O)[C@H]1OC(=O)C(C)(C)C. The number of carbonyl (C=O) groups excluding carboxylic acids is 3. The number of rotatable bonds is 6. The van der Waals surface area contributed by atoms with Crippen molar-refractivity contribution in [2.24, 2.45) is 10.8 Å². The Morgan fingerprint density at radius 1 is 1.00 bits per heavy atom. The molecule has 0 saturated carbocycles. The van der Waals surface area contributed by atoms with Gasteiger partial charge in [-0.1, -0.05) is 6.08 Å². The molecule has 0 unspecified atom stereocenters. The first-order chi connectivity index (χ1) is 13.2. The van der Waals surface area contributed by atoms with Crippen molar-refractivity contribution >= 4 is 17.9 Å². The first-order valence-electron chi connectivity index (χ1n) is 9.30. The van der Waals surface area contributed by atoms with E-state index in [9.17, 15) is 19.5 Å². The summed E-state index contributed by atoms with van der Waals surface area (Å²) < 4.78 is 26.6. The van der Waals surface area contributed by atoms with Crippen LogP contribution >= 0.6 is 0 Å². The lowest BCUT2D eigenvalue weighted by Gasteiger charge is -2.43. The van der Waals surface area contributed by atoms with E-state index >= 15 is 0 Å². The molecule has 0 aliphatic carbocycles. The Balaban J connectivity index is 3.26. The number of esters is 3. The smallest absolute Gasteiger partial charge is 0.339 e. The van der Waals surface area contributed by atoms with Gasteiger partial charge in [-0.05, 0) is 41.5 Å². The van der Waals surface area contributed by atoms with Gasteiger partial charge in [-0.2, -0.15) is 0 Å². The highest BCUT2D eigenvalue weighted by molar-refractivity contribution is 5.79. The normalized spacial score (nSPS) is 27.7. The number of ether oxygens (including phenoxy) is 5. The molecule has 0 bridgehead atoms. The van der Waals surface area contributed by atoms with Crippen molar-refractivity contribution in [2.75, 3.05) is 13.7 Å². The molecule has 166 valence electrons. The number of methoxy groups -OCH3 is 1. The Hall–Kier alpha value is -1.97. The van der Waals surface area contributed by atoms with Gasteiger partial charge in [-0.15, -0.1) is 6.58 Å². The molecule has 5 atom stereocenters. The van der Waals surface area contributed by atoms with Crippen LogP contribution in [0.5, 0.6) is 0 Å². The molecular weight excluding hydrogens is 384 g/mol. The maximum absolute atomic E-state index is 12.4. The van der Waals surface area contributed by atoms with Gasteiger partial charge in [0.2, 0.25) is 0 Å². The van der Waals surface area contributed by atoms with Gasteiger partial charge >= 0.3 is 17.9 Å². The van der Waals surface area contributed by atoms with Crippen molar-refractivity contribution in [3.05, 3.63) is 12.7 Å². The third-order valence-corrected chi connectivity index (χ3v) is 4.04. The average Bonchev–Trinajstić information content (AvgIpc) is 2.61. The summed E-state index contributed by atoms with van der Waals surface area (Å²) in [5, 5.41) is 10.9. The van der Waals surface area contributed by atoms with Crippen LogP contribution in [-0.4, -0.2) is 67.4 Å². The number of hydrogen-bond donors (Lipinski definition) is 1. The zero-order valence-electron chi connectivity index (χ0n) is 18.1. The zero-order chi connectivity index (χ0) is 22.6. The minimum atomic E-state index is -1.60. The molecule has 1 N–H and O–H groups in total.